The Morgan fingerprint density at radius 3 is 3.00 bits per heavy atom. The summed E-state index contributed by atoms with van der Waals surface area (Å²) in [5.41, 5.74) is 1.35. The number of aromatic nitrogens is 2. The first-order valence-corrected chi connectivity index (χ1v) is 9.13. The summed E-state index contributed by atoms with van der Waals surface area (Å²) in [6, 6.07) is 7.19. The van der Waals surface area contributed by atoms with Crippen LogP contribution < -0.4 is 5.32 Å². The molecule has 0 saturated heterocycles. The summed E-state index contributed by atoms with van der Waals surface area (Å²) in [4.78, 5) is 1.44. The van der Waals surface area contributed by atoms with Gasteiger partial charge in [0.05, 0.1) is 11.7 Å². The molecule has 2 aromatic heterocycles. The van der Waals surface area contributed by atoms with Gasteiger partial charge in [-0.2, -0.15) is 5.10 Å². The molecule has 2 saturated carbocycles. The zero-order valence-electron chi connectivity index (χ0n) is 12.2. The molecular formula is C17H21N3S. The molecule has 0 radical (unpaired) electrons. The van der Waals surface area contributed by atoms with E-state index < -0.39 is 0 Å². The van der Waals surface area contributed by atoms with Crippen molar-refractivity contribution >= 4 is 17.2 Å². The number of hydrogen-bond acceptors (Lipinski definition) is 3. The van der Waals surface area contributed by atoms with Crippen molar-refractivity contribution in [1.82, 2.24) is 9.78 Å². The summed E-state index contributed by atoms with van der Waals surface area (Å²) in [6.07, 6.45) is 6.87. The van der Waals surface area contributed by atoms with Crippen LogP contribution >= 0.6 is 11.3 Å². The molecule has 3 heterocycles. The zero-order valence-corrected chi connectivity index (χ0v) is 13.0. The Kier molecular flexibility index (Phi) is 2.69. The van der Waals surface area contributed by atoms with Crippen molar-refractivity contribution in [2.45, 2.75) is 44.1 Å². The average Bonchev–Trinajstić information content (AvgIpc) is 3.26. The second kappa shape index (κ2) is 4.60. The maximum Gasteiger partial charge on any atom is 0.125 e. The second-order valence-corrected chi connectivity index (χ2v) is 7.91. The van der Waals surface area contributed by atoms with Gasteiger partial charge >= 0.3 is 0 Å². The lowest BCUT2D eigenvalue weighted by Crippen LogP contribution is -2.23. The van der Waals surface area contributed by atoms with Crippen LogP contribution in [0.25, 0.3) is 0 Å². The molecule has 4 heteroatoms. The largest absolute Gasteiger partial charge is 0.370 e. The maximum atomic E-state index is 5.05. The van der Waals surface area contributed by atoms with Gasteiger partial charge in [0.1, 0.15) is 5.82 Å². The van der Waals surface area contributed by atoms with Crippen molar-refractivity contribution in [3.8, 4) is 0 Å². The van der Waals surface area contributed by atoms with Crippen molar-refractivity contribution in [3.63, 3.8) is 0 Å². The predicted molar refractivity (Wildman–Crippen MR) is 86.0 cm³/mol. The molecule has 3 aliphatic rings. The van der Waals surface area contributed by atoms with E-state index in [2.05, 4.69) is 33.6 Å². The van der Waals surface area contributed by atoms with Gasteiger partial charge in [-0.15, -0.1) is 11.3 Å². The Labute approximate surface area is 129 Å². The molecule has 0 amide bonds. The van der Waals surface area contributed by atoms with E-state index in [0.29, 0.717) is 6.04 Å². The van der Waals surface area contributed by atoms with Crippen LogP contribution in [0.1, 0.15) is 54.6 Å². The van der Waals surface area contributed by atoms with Crippen molar-refractivity contribution in [1.29, 1.82) is 0 Å². The molecule has 4 unspecified atom stereocenters. The molecule has 21 heavy (non-hydrogen) atoms. The van der Waals surface area contributed by atoms with Gasteiger partial charge in [0.2, 0.25) is 0 Å². The van der Waals surface area contributed by atoms with Crippen LogP contribution in [-0.2, 0) is 0 Å². The number of anilines is 1. The maximum absolute atomic E-state index is 5.05. The highest BCUT2D eigenvalue weighted by Gasteiger charge is 2.41. The van der Waals surface area contributed by atoms with Crippen LogP contribution in [0.5, 0.6) is 0 Å². The van der Waals surface area contributed by atoms with E-state index in [0.717, 1.165) is 30.7 Å². The Morgan fingerprint density at radius 2 is 2.24 bits per heavy atom. The zero-order chi connectivity index (χ0) is 13.8. The van der Waals surface area contributed by atoms with Gasteiger partial charge in [-0.3, -0.25) is 0 Å². The molecule has 4 atom stereocenters. The summed E-state index contributed by atoms with van der Waals surface area (Å²) in [7, 11) is 0. The minimum absolute atomic E-state index is 0.439. The third-order valence-corrected chi connectivity index (χ3v) is 6.74. The number of nitrogens with one attached hydrogen (secondary N) is 1. The second-order valence-electron chi connectivity index (χ2n) is 6.93. The number of nitrogens with zero attached hydrogens (tertiary/aromatic N) is 2. The van der Waals surface area contributed by atoms with E-state index in [1.54, 1.807) is 0 Å². The molecule has 1 N–H and O–H groups in total. The number of fused-ring (bicyclic) bond motifs is 3. The first-order valence-electron chi connectivity index (χ1n) is 8.25. The molecule has 1 aliphatic heterocycles. The number of rotatable bonds is 2. The monoisotopic (exact) mass is 299 g/mol. The smallest absolute Gasteiger partial charge is 0.125 e. The van der Waals surface area contributed by atoms with Gasteiger partial charge in [-0.1, -0.05) is 12.5 Å². The van der Waals surface area contributed by atoms with Crippen LogP contribution in [-0.4, -0.2) is 16.3 Å². The van der Waals surface area contributed by atoms with Gasteiger partial charge in [0.15, 0.2) is 0 Å². The van der Waals surface area contributed by atoms with Crippen LogP contribution in [0.3, 0.4) is 0 Å². The predicted octanol–water partition coefficient (Wildman–Crippen LogP) is 4.25. The van der Waals surface area contributed by atoms with E-state index in [1.807, 2.05) is 11.3 Å². The molecule has 2 bridgehead atoms. The summed E-state index contributed by atoms with van der Waals surface area (Å²) in [6.45, 7) is 1.06. The molecule has 3 nitrogen and oxygen atoms in total. The van der Waals surface area contributed by atoms with E-state index >= 15 is 0 Å². The lowest BCUT2D eigenvalue weighted by atomic mass is 9.86. The summed E-state index contributed by atoms with van der Waals surface area (Å²) in [5.74, 6) is 3.86. The number of thiophene rings is 1. The fourth-order valence-electron chi connectivity index (χ4n) is 4.77. The van der Waals surface area contributed by atoms with Gasteiger partial charge in [0, 0.05) is 23.4 Å². The molecule has 5 rings (SSSR count). The van der Waals surface area contributed by atoms with Gasteiger partial charge in [-0.05, 0) is 49.0 Å². The highest BCUT2D eigenvalue weighted by Crippen LogP contribution is 2.53. The van der Waals surface area contributed by atoms with Crippen LogP contribution in [0.15, 0.2) is 23.6 Å². The van der Waals surface area contributed by atoms with Gasteiger partial charge in [0.25, 0.3) is 0 Å². The van der Waals surface area contributed by atoms with Crippen molar-refractivity contribution in [3.05, 3.63) is 34.2 Å². The number of hydrogen-bond donors (Lipinski definition) is 1. The minimum Gasteiger partial charge on any atom is -0.370 e. The summed E-state index contributed by atoms with van der Waals surface area (Å²) in [5, 5.41) is 10.8. The van der Waals surface area contributed by atoms with E-state index in [1.165, 1.54) is 42.1 Å². The fraction of sp³-hybridized carbons (Fsp3) is 0.588. The first kappa shape index (κ1) is 12.3. The lowest BCUT2D eigenvalue weighted by Gasteiger charge is -2.24. The Morgan fingerprint density at radius 1 is 1.24 bits per heavy atom. The van der Waals surface area contributed by atoms with E-state index in [4.69, 9.17) is 5.10 Å². The Bertz CT molecular complexity index is 645. The highest BCUT2D eigenvalue weighted by atomic mass is 32.1. The summed E-state index contributed by atoms with van der Waals surface area (Å²) < 4.78 is 2.26. The normalized spacial score (nSPS) is 33.9. The molecule has 2 aromatic rings. The molecule has 0 aromatic carbocycles. The lowest BCUT2D eigenvalue weighted by molar-refractivity contribution is 0.403. The molecule has 2 fully saturated rings. The minimum atomic E-state index is 0.439. The van der Waals surface area contributed by atoms with E-state index in [9.17, 15) is 0 Å². The van der Waals surface area contributed by atoms with E-state index in [-0.39, 0.29) is 0 Å². The SMILES string of the molecule is c1csc(C2CCNc3cc(C4CC5CCC4C5)nn32)c1. The Balaban J connectivity index is 1.51. The molecule has 2 aliphatic carbocycles. The summed E-state index contributed by atoms with van der Waals surface area (Å²) >= 11 is 1.86. The van der Waals surface area contributed by atoms with Crippen molar-refractivity contribution in [2.75, 3.05) is 11.9 Å². The van der Waals surface area contributed by atoms with Crippen molar-refractivity contribution < 1.29 is 0 Å². The van der Waals surface area contributed by atoms with Crippen molar-refractivity contribution in [2.24, 2.45) is 11.8 Å². The van der Waals surface area contributed by atoms with Gasteiger partial charge in [-0.25, -0.2) is 4.68 Å². The third kappa shape index (κ3) is 1.88. The first-order chi connectivity index (χ1) is 10.4. The molecule has 0 spiro atoms. The molecular weight excluding hydrogens is 278 g/mol. The topological polar surface area (TPSA) is 29.9 Å². The molecule has 110 valence electrons. The van der Waals surface area contributed by atoms with Gasteiger partial charge < -0.3 is 5.32 Å². The fourth-order valence-corrected chi connectivity index (χ4v) is 5.62. The standard InChI is InChI=1S/C17H21N3S/c1-2-16(21-7-1)15-5-6-18-17-10-14(19-20(15)17)13-9-11-3-4-12(13)8-11/h1-2,7,10-13,15,18H,3-6,8-9H2. The Hall–Kier alpha value is -1.29. The highest BCUT2D eigenvalue weighted by molar-refractivity contribution is 7.10. The third-order valence-electron chi connectivity index (χ3n) is 5.76. The van der Waals surface area contributed by atoms with Crippen LogP contribution in [0, 0.1) is 11.8 Å². The van der Waals surface area contributed by atoms with Crippen LogP contribution in [0.4, 0.5) is 5.82 Å². The van der Waals surface area contributed by atoms with Crippen LogP contribution in [0.2, 0.25) is 0 Å². The quantitative estimate of drug-likeness (QED) is 0.898. The average molecular weight is 299 g/mol.